The van der Waals surface area contributed by atoms with Crippen LogP contribution in [-0.2, 0) is 9.53 Å². The van der Waals surface area contributed by atoms with E-state index in [1.165, 1.54) is 7.11 Å². The van der Waals surface area contributed by atoms with Gasteiger partial charge in [0.25, 0.3) is 5.91 Å². The number of ether oxygens (including phenoxy) is 2. The molecule has 0 spiro atoms. The summed E-state index contributed by atoms with van der Waals surface area (Å²) >= 11 is 5.26. The minimum atomic E-state index is -0.418. The molecule has 1 fully saturated rings. The van der Waals surface area contributed by atoms with Gasteiger partial charge in [0.15, 0.2) is 16.6 Å². The molecule has 7 nitrogen and oxygen atoms in total. The number of morpholine rings is 1. The van der Waals surface area contributed by atoms with Gasteiger partial charge in [0.05, 0.1) is 31.9 Å². The van der Waals surface area contributed by atoms with Crippen LogP contribution in [0, 0.1) is 0 Å². The van der Waals surface area contributed by atoms with E-state index in [0.717, 1.165) is 11.3 Å². The standard InChI is InChI=1S/C17H21N3O4S/c1-10-14(16(22)20-5-7-24-8-6-20)15(19-17(25)18-10)11-3-4-12(21)13(9-11)23-2/h3-4,9,15,21H,5-8H2,1-2H3,(H2,18,19,25)/t15-/m1/s1. The van der Waals surface area contributed by atoms with Crippen molar-refractivity contribution in [1.29, 1.82) is 0 Å². The molecule has 2 heterocycles. The lowest BCUT2D eigenvalue weighted by atomic mass is 9.94. The lowest BCUT2D eigenvalue weighted by molar-refractivity contribution is -0.131. The highest BCUT2D eigenvalue weighted by Gasteiger charge is 2.33. The zero-order chi connectivity index (χ0) is 18.0. The number of carbonyl (C=O) groups is 1. The van der Waals surface area contributed by atoms with Crippen molar-refractivity contribution in [1.82, 2.24) is 15.5 Å². The van der Waals surface area contributed by atoms with Crippen molar-refractivity contribution in [3.8, 4) is 11.5 Å². The number of methoxy groups -OCH3 is 1. The first-order chi connectivity index (χ1) is 12.0. The van der Waals surface area contributed by atoms with Crippen molar-refractivity contribution < 1.29 is 19.4 Å². The number of nitrogens with zero attached hydrogens (tertiary/aromatic N) is 1. The number of rotatable bonds is 3. The number of nitrogens with one attached hydrogen (secondary N) is 2. The molecule has 134 valence electrons. The number of carbonyl (C=O) groups excluding carboxylic acids is 1. The van der Waals surface area contributed by atoms with E-state index in [-0.39, 0.29) is 11.7 Å². The second-order valence-corrected chi connectivity index (χ2v) is 6.31. The molecule has 1 aromatic carbocycles. The second-order valence-electron chi connectivity index (χ2n) is 5.91. The molecule has 0 aliphatic carbocycles. The van der Waals surface area contributed by atoms with E-state index in [1.807, 2.05) is 6.92 Å². The molecule has 2 aliphatic rings. The minimum Gasteiger partial charge on any atom is -0.504 e. The predicted molar refractivity (Wildman–Crippen MR) is 96.4 cm³/mol. The van der Waals surface area contributed by atoms with Gasteiger partial charge in [-0.15, -0.1) is 0 Å². The van der Waals surface area contributed by atoms with Gasteiger partial charge in [-0.3, -0.25) is 4.79 Å². The monoisotopic (exact) mass is 363 g/mol. The number of hydrogen-bond donors (Lipinski definition) is 3. The van der Waals surface area contributed by atoms with E-state index in [0.29, 0.717) is 42.7 Å². The summed E-state index contributed by atoms with van der Waals surface area (Å²) in [7, 11) is 1.49. The van der Waals surface area contributed by atoms with E-state index in [9.17, 15) is 9.90 Å². The summed E-state index contributed by atoms with van der Waals surface area (Å²) in [6.45, 7) is 4.03. The van der Waals surface area contributed by atoms with Gasteiger partial charge >= 0.3 is 0 Å². The van der Waals surface area contributed by atoms with Crippen LogP contribution in [0.15, 0.2) is 29.5 Å². The van der Waals surface area contributed by atoms with Crippen LogP contribution < -0.4 is 15.4 Å². The summed E-state index contributed by atoms with van der Waals surface area (Å²) < 4.78 is 10.5. The second kappa shape index (κ2) is 7.28. The van der Waals surface area contributed by atoms with E-state index >= 15 is 0 Å². The van der Waals surface area contributed by atoms with E-state index in [4.69, 9.17) is 21.7 Å². The molecular weight excluding hydrogens is 342 g/mol. The largest absolute Gasteiger partial charge is 0.504 e. The van der Waals surface area contributed by atoms with Crippen molar-refractivity contribution in [2.75, 3.05) is 33.4 Å². The highest BCUT2D eigenvalue weighted by atomic mass is 32.1. The number of thiocarbonyl (C=S) groups is 1. The number of allylic oxidation sites excluding steroid dienone is 1. The highest BCUT2D eigenvalue weighted by molar-refractivity contribution is 7.80. The van der Waals surface area contributed by atoms with Gasteiger partial charge in [-0.05, 0) is 36.8 Å². The molecule has 0 unspecified atom stereocenters. The van der Waals surface area contributed by atoms with Crippen molar-refractivity contribution in [2.45, 2.75) is 13.0 Å². The van der Waals surface area contributed by atoms with Gasteiger partial charge < -0.3 is 30.1 Å². The molecule has 0 saturated carbocycles. The Morgan fingerprint density at radius 2 is 2.12 bits per heavy atom. The average Bonchev–Trinajstić information content (AvgIpc) is 2.62. The lowest BCUT2D eigenvalue weighted by Crippen LogP contribution is -2.49. The molecule has 1 atom stereocenters. The van der Waals surface area contributed by atoms with Crippen molar-refractivity contribution in [3.63, 3.8) is 0 Å². The molecule has 1 aromatic rings. The smallest absolute Gasteiger partial charge is 0.254 e. The van der Waals surface area contributed by atoms with E-state index in [2.05, 4.69) is 10.6 Å². The summed E-state index contributed by atoms with van der Waals surface area (Å²) in [6.07, 6.45) is 0. The fraction of sp³-hybridized carbons (Fsp3) is 0.412. The maximum atomic E-state index is 13.1. The summed E-state index contributed by atoms with van der Waals surface area (Å²) in [5, 5.41) is 16.5. The SMILES string of the molecule is COc1cc([C@H]2NC(=S)NC(C)=C2C(=O)N2CCOCC2)ccc1O. The Morgan fingerprint density at radius 1 is 1.40 bits per heavy atom. The Kier molecular flexibility index (Phi) is 5.10. The van der Waals surface area contributed by atoms with Gasteiger partial charge in [-0.2, -0.15) is 0 Å². The third kappa shape index (κ3) is 3.54. The summed E-state index contributed by atoms with van der Waals surface area (Å²) in [5.74, 6) is 0.337. The number of amides is 1. The van der Waals surface area contributed by atoms with E-state index in [1.54, 1.807) is 23.1 Å². The van der Waals surface area contributed by atoms with Crippen LogP contribution in [0.3, 0.4) is 0 Å². The summed E-state index contributed by atoms with van der Waals surface area (Å²) in [5.41, 5.74) is 2.11. The van der Waals surface area contributed by atoms with Crippen molar-refractivity contribution >= 4 is 23.2 Å². The first-order valence-corrected chi connectivity index (χ1v) is 8.44. The molecule has 3 rings (SSSR count). The number of benzene rings is 1. The normalized spacial score (nSPS) is 20.8. The Labute approximate surface area is 151 Å². The molecular formula is C17H21N3O4S. The third-order valence-electron chi connectivity index (χ3n) is 4.33. The number of phenolic OH excluding ortho intramolecular Hbond substituents is 1. The molecule has 1 saturated heterocycles. The van der Waals surface area contributed by atoms with Gasteiger partial charge in [0, 0.05) is 18.8 Å². The minimum absolute atomic E-state index is 0.0459. The van der Waals surface area contributed by atoms with Crippen LogP contribution in [0.4, 0.5) is 0 Å². The molecule has 8 heteroatoms. The number of phenols is 1. The number of hydrogen-bond acceptors (Lipinski definition) is 5. The fourth-order valence-electron chi connectivity index (χ4n) is 3.04. The van der Waals surface area contributed by atoms with Crippen molar-refractivity contribution in [3.05, 3.63) is 35.0 Å². The van der Waals surface area contributed by atoms with E-state index < -0.39 is 6.04 Å². The zero-order valence-corrected chi connectivity index (χ0v) is 15.0. The first kappa shape index (κ1) is 17.5. The third-order valence-corrected chi connectivity index (χ3v) is 4.55. The molecule has 1 amide bonds. The molecule has 0 bridgehead atoms. The Hall–Kier alpha value is -2.32. The average molecular weight is 363 g/mol. The Bertz CT molecular complexity index is 729. The molecule has 0 aromatic heterocycles. The van der Waals surface area contributed by atoms with Crippen molar-refractivity contribution in [2.24, 2.45) is 0 Å². The highest BCUT2D eigenvalue weighted by Crippen LogP contribution is 2.34. The topological polar surface area (TPSA) is 83.1 Å². The fourth-order valence-corrected chi connectivity index (χ4v) is 3.31. The predicted octanol–water partition coefficient (Wildman–Crippen LogP) is 1.05. The molecule has 2 aliphatic heterocycles. The van der Waals surface area contributed by atoms with Crippen LogP contribution in [0.25, 0.3) is 0 Å². The summed E-state index contributed by atoms with van der Waals surface area (Å²) in [6, 6.07) is 4.59. The van der Waals surface area contributed by atoms with Gasteiger partial charge in [0.2, 0.25) is 0 Å². The van der Waals surface area contributed by atoms with Gasteiger partial charge in [-0.1, -0.05) is 6.07 Å². The molecule has 0 radical (unpaired) electrons. The Morgan fingerprint density at radius 3 is 2.80 bits per heavy atom. The van der Waals surface area contributed by atoms with Crippen LogP contribution in [0.5, 0.6) is 11.5 Å². The first-order valence-electron chi connectivity index (χ1n) is 8.03. The van der Waals surface area contributed by atoms with Gasteiger partial charge in [0.1, 0.15) is 0 Å². The summed E-state index contributed by atoms with van der Waals surface area (Å²) in [4.78, 5) is 14.9. The maximum Gasteiger partial charge on any atom is 0.254 e. The van der Waals surface area contributed by atoms with Crippen LogP contribution in [0.1, 0.15) is 18.5 Å². The van der Waals surface area contributed by atoms with Crippen LogP contribution in [0.2, 0.25) is 0 Å². The maximum absolute atomic E-state index is 13.1. The lowest BCUT2D eigenvalue weighted by Gasteiger charge is -2.35. The van der Waals surface area contributed by atoms with Crippen LogP contribution >= 0.6 is 12.2 Å². The Balaban J connectivity index is 1.98. The van der Waals surface area contributed by atoms with Gasteiger partial charge in [-0.25, -0.2) is 0 Å². The quantitative estimate of drug-likeness (QED) is 0.693. The number of aromatic hydroxyl groups is 1. The molecule has 25 heavy (non-hydrogen) atoms. The molecule has 3 N–H and O–H groups in total. The zero-order valence-electron chi connectivity index (χ0n) is 14.2. The van der Waals surface area contributed by atoms with Crippen LogP contribution in [-0.4, -0.2) is 54.4 Å².